The van der Waals surface area contributed by atoms with Gasteiger partial charge in [0.05, 0.1) is 57.2 Å². The number of fused-ring (bicyclic) bond motifs is 6. The van der Waals surface area contributed by atoms with Gasteiger partial charge in [0.1, 0.15) is 12.0 Å². The summed E-state index contributed by atoms with van der Waals surface area (Å²) in [5.41, 5.74) is 15.0. The van der Waals surface area contributed by atoms with Crippen molar-refractivity contribution in [2.45, 2.75) is 78.6 Å². The highest BCUT2D eigenvalue weighted by Crippen LogP contribution is 2.34. The van der Waals surface area contributed by atoms with E-state index in [4.69, 9.17) is 13.6 Å². The van der Waals surface area contributed by atoms with Gasteiger partial charge in [-0.15, -0.1) is 10.2 Å². The molecule has 0 unspecified atom stereocenters. The zero-order chi connectivity index (χ0) is 69.0. The van der Waals surface area contributed by atoms with E-state index >= 15 is 0 Å². The van der Waals surface area contributed by atoms with Crippen molar-refractivity contribution in [3.8, 4) is 35.5 Å². The summed E-state index contributed by atoms with van der Waals surface area (Å²) in [5.74, 6) is 10.4. The highest BCUT2D eigenvalue weighted by molar-refractivity contribution is 5.90. The lowest BCUT2D eigenvalue weighted by Gasteiger charge is -2.11. The summed E-state index contributed by atoms with van der Waals surface area (Å²) in [6.45, 7) is 8.57. The molecule has 0 atom stereocenters. The third kappa shape index (κ3) is 14.9. The minimum Gasteiger partial charge on any atom is -0.355 e. The number of aryl methyl sites for hydroxylation is 3. The van der Waals surface area contributed by atoms with Crippen molar-refractivity contribution in [2.75, 3.05) is 0 Å². The molecular formula is C81H57F6N9O3. The molecule has 0 fully saturated rings. The van der Waals surface area contributed by atoms with Crippen LogP contribution in [0.3, 0.4) is 0 Å². The Balaban J connectivity index is 0.000000133. The Labute approximate surface area is 564 Å². The van der Waals surface area contributed by atoms with E-state index in [1.807, 2.05) is 142 Å². The topological polar surface area (TPSA) is 155 Å². The van der Waals surface area contributed by atoms with Gasteiger partial charge in [0.25, 0.3) is 17.8 Å². The Morgan fingerprint density at radius 3 is 1.30 bits per heavy atom. The first-order valence-corrected chi connectivity index (χ1v) is 31.4. The summed E-state index contributed by atoms with van der Waals surface area (Å²) in [4.78, 5) is 8.30. The third-order valence-electron chi connectivity index (χ3n) is 16.7. The van der Waals surface area contributed by atoms with E-state index in [1.165, 1.54) is 42.7 Å². The lowest BCUT2D eigenvalue weighted by atomic mass is 10.00. The van der Waals surface area contributed by atoms with Crippen LogP contribution in [0.4, 0.5) is 26.3 Å². The van der Waals surface area contributed by atoms with Crippen LogP contribution in [0.2, 0.25) is 0 Å². The average molecular weight is 1320 g/mol. The van der Waals surface area contributed by atoms with Gasteiger partial charge in [-0.1, -0.05) is 148 Å². The smallest absolute Gasteiger partial charge is 0.270 e. The molecule has 99 heavy (non-hydrogen) atoms. The fourth-order valence-corrected chi connectivity index (χ4v) is 11.3. The van der Waals surface area contributed by atoms with Gasteiger partial charge in [-0.25, -0.2) is 36.3 Å². The number of hydrogen-bond acceptors (Lipinski definition) is 12. The number of hydrogen-bond donors (Lipinski definition) is 0. The average Bonchev–Trinajstić information content (AvgIpc) is 1.59. The van der Waals surface area contributed by atoms with E-state index in [1.54, 1.807) is 36.8 Å². The van der Waals surface area contributed by atoms with Gasteiger partial charge in [-0.05, 0) is 133 Å². The predicted molar refractivity (Wildman–Crippen MR) is 369 cm³/mol. The van der Waals surface area contributed by atoms with Crippen LogP contribution in [0.1, 0.15) is 121 Å². The maximum absolute atomic E-state index is 13.7. The van der Waals surface area contributed by atoms with E-state index in [0.29, 0.717) is 58.8 Å². The molecule has 0 bridgehead atoms. The first-order valence-electron chi connectivity index (χ1n) is 31.4. The van der Waals surface area contributed by atoms with Gasteiger partial charge >= 0.3 is 0 Å². The first-order chi connectivity index (χ1) is 47.6. The Kier molecular flexibility index (Phi) is 18.1. The molecule has 0 aliphatic heterocycles. The molecule has 12 nitrogen and oxygen atoms in total. The lowest BCUT2D eigenvalue weighted by molar-refractivity contribution is 0.0167. The van der Waals surface area contributed by atoms with Crippen LogP contribution in [0, 0.1) is 56.3 Å². The lowest BCUT2D eigenvalue weighted by Crippen LogP contribution is -2.07. The molecule has 0 aliphatic rings. The molecule has 15 rings (SSSR count). The Morgan fingerprint density at radius 1 is 0.374 bits per heavy atom. The first kappa shape index (κ1) is 65.3. The van der Waals surface area contributed by atoms with Gasteiger partial charge in [0.15, 0.2) is 16.7 Å². The van der Waals surface area contributed by atoms with Gasteiger partial charge < -0.3 is 13.6 Å². The Bertz CT molecular complexity index is 5230. The number of aromatic nitrogens is 9. The monoisotopic (exact) mass is 1320 g/mol. The minimum absolute atomic E-state index is 0.0171. The van der Waals surface area contributed by atoms with Crippen LogP contribution in [-0.4, -0.2) is 45.8 Å². The van der Waals surface area contributed by atoms with Gasteiger partial charge in [0, 0.05) is 112 Å². The fraction of sp³-hybridized carbons (Fsp3) is 0.148. The van der Waals surface area contributed by atoms with Crippen LogP contribution in [0.15, 0.2) is 214 Å². The maximum Gasteiger partial charge on any atom is 0.270 e. The molecule has 0 saturated carbocycles. The van der Waals surface area contributed by atoms with Crippen LogP contribution in [0.25, 0.3) is 65.5 Å². The molecule has 18 heteroatoms. The quantitative estimate of drug-likeness (QED) is 0.0997. The largest absolute Gasteiger partial charge is 0.355 e. The summed E-state index contributed by atoms with van der Waals surface area (Å²) in [6.07, 6.45) is 7.85. The van der Waals surface area contributed by atoms with Crippen molar-refractivity contribution in [2.24, 2.45) is 0 Å². The minimum atomic E-state index is -2.90. The van der Waals surface area contributed by atoms with Crippen molar-refractivity contribution in [1.82, 2.24) is 45.8 Å². The maximum atomic E-state index is 13.7. The predicted octanol–water partition coefficient (Wildman–Crippen LogP) is 18.5. The molecule has 0 aliphatic carbocycles. The van der Waals surface area contributed by atoms with E-state index < -0.39 is 17.8 Å². The highest BCUT2D eigenvalue weighted by atomic mass is 19.3. The van der Waals surface area contributed by atoms with Crippen molar-refractivity contribution in [1.29, 1.82) is 0 Å². The van der Waals surface area contributed by atoms with Crippen molar-refractivity contribution >= 4 is 65.5 Å². The Morgan fingerprint density at radius 2 is 0.818 bits per heavy atom. The van der Waals surface area contributed by atoms with Crippen molar-refractivity contribution in [3.63, 3.8) is 0 Å². The SMILES string of the molecule is Cc1ccc2c(Cc3cccc(C(C)(F)F)c3)noc2c1C#Cc1cc2ccccc2nn1.Cc1ccc2c(Cc3cccc(C(C)(F)F)c3)noc2c1C#Cc1ccc2cncnc2c1.Cc1ccc2c(Cc3cccc(C(C)(F)F)c3)noc2c1C#Cc1ccc2cnncc2c1. The standard InChI is InChI=1S/3C27H19F2N3O/c1-17-10-12-23-25(15-18-6-5-8-20(14-18)27(2,28)29)32-33-26(23)22(17)13-11-21-16-19-7-3-4-9-24(19)31-30-21;1-17-6-10-23-25(14-19-4-3-5-21(12-19)27(2,28)29)32-33-26(23)22(17)11-8-18-7-9-20-15-30-16-31-24(20)13-18;1-17-6-10-24-25(14-19-4-3-5-22(13-19)27(2,28)29)32-33-26(24)23(17)11-8-18-7-9-20-15-30-31-16-21(20)12-18/h3-10,12,14,16H,15H2,1-2H3;2*3-7,9-10,12-13,15-16H,14H2,1-2H3. The third-order valence-corrected chi connectivity index (χ3v) is 16.7. The zero-order valence-electron chi connectivity index (χ0n) is 54.2. The second kappa shape index (κ2) is 27.4. The van der Waals surface area contributed by atoms with Gasteiger partial charge in [-0.2, -0.15) is 10.2 Å². The molecule has 9 aromatic carbocycles. The van der Waals surface area contributed by atoms with E-state index in [2.05, 4.69) is 81.4 Å². The molecular weight excluding hydrogens is 1260 g/mol. The number of benzene rings is 9. The molecule has 0 spiro atoms. The van der Waals surface area contributed by atoms with Crippen molar-refractivity contribution < 1.29 is 39.9 Å². The fourth-order valence-electron chi connectivity index (χ4n) is 11.3. The molecule has 15 aromatic rings. The van der Waals surface area contributed by atoms with E-state index in [0.717, 1.165) is 131 Å². The highest BCUT2D eigenvalue weighted by Gasteiger charge is 2.27. The molecule has 6 aromatic heterocycles. The molecule has 0 radical (unpaired) electrons. The summed E-state index contributed by atoms with van der Waals surface area (Å²) in [5, 5.41) is 35.2. The van der Waals surface area contributed by atoms with Crippen LogP contribution >= 0.6 is 0 Å². The zero-order valence-corrected chi connectivity index (χ0v) is 54.2. The van der Waals surface area contributed by atoms with Crippen LogP contribution in [0.5, 0.6) is 0 Å². The Hall–Kier alpha value is -12.3. The molecule has 6 heterocycles. The van der Waals surface area contributed by atoms with Gasteiger partial charge in [-0.3, -0.25) is 0 Å². The summed E-state index contributed by atoms with van der Waals surface area (Å²) < 4.78 is 99.3. The summed E-state index contributed by atoms with van der Waals surface area (Å²) in [6, 6.07) is 52.1. The number of alkyl halides is 6. The summed E-state index contributed by atoms with van der Waals surface area (Å²) in [7, 11) is 0. The molecule has 486 valence electrons. The molecule has 0 amide bonds. The second-order valence-corrected chi connectivity index (χ2v) is 24.3. The van der Waals surface area contributed by atoms with Gasteiger partial charge in [0.2, 0.25) is 0 Å². The normalized spacial score (nSPS) is 11.5. The second-order valence-electron chi connectivity index (χ2n) is 24.3. The molecule has 0 saturated heterocycles. The van der Waals surface area contributed by atoms with E-state index in [-0.39, 0.29) is 16.7 Å². The summed E-state index contributed by atoms with van der Waals surface area (Å²) >= 11 is 0. The van der Waals surface area contributed by atoms with Crippen LogP contribution < -0.4 is 0 Å². The van der Waals surface area contributed by atoms with Crippen molar-refractivity contribution in [3.05, 3.63) is 302 Å². The van der Waals surface area contributed by atoms with Crippen LogP contribution in [-0.2, 0) is 37.0 Å². The number of halogens is 6. The number of rotatable bonds is 9. The number of nitrogens with zero attached hydrogens (tertiary/aromatic N) is 9. The molecule has 0 N–H and O–H groups in total. The van der Waals surface area contributed by atoms with E-state index in [9.17, 15) is 26.3 Å².